The Bertz CT molecular complexity index is 497. The van der Waals surface area contributed by atoms with Crippen molar-refractivity contribution >= 4 is 27.3 Å². The topological polar surface area (TPSA) is 54.2 Å². The molecule has 18 heavy (non-hydrogen) atoms. The Hall–Kier alpha value is -0.760. The summed E-state index contributed by atoms with van der Waals surface area (Å²) in [5, 5.41) is 17.2. The normalized spacial score (nSPS) is 13.2. The van der Waals surface area contributed by atoms with Crippen molar-refractivity contribution in [2.75, 3.05) is 20.6 Å². The molecule has 2 heterocycles. The molecule has 7 heteroatoms. The van der Waals surface area contributed by atoms with Gasteiger partial charge in [0.05, 0.1) is 22.9 Å². The molecule has 0 saturated carbocycles. The molecule has 1 atom stereocenters. The Morgan fingerprint density at radius 1 is 1.56 bits per heavy atom. The van der Waals surface area contributed by atoms with Crippen LogP contribution in [0.5, 0.6) is 0 Å². The number of aromatic nitrogens is 3. The predicted octanol–water partition coefficient (Wildman–Crippen LogP) is 1.75. The van der Waals surface area contributed by atoms with Crippen molar-refractivity contribution in [2.24, 2.45) is 0 Å². The van der Waals surface area contributed by atoms with Crippen molar-refractivity contribution in [1.82, 2.24) is 19.7 Å². The van der Waals surface area contributed by atoms with E-state index < -0.39 is 6.10 Å². The highest BCUT2D eigenvalue weighted by Crippen LogP contribution is 2.29. The van der Waals surface area contributed by atoms with Crippen LogP contribution in [-0.4, -0.2) is 45.4 Å². The van der Waals surface area contributed by atoms with E-state index in [1.807, 2.05) is 24.2 Å². The Balaban J connectivity index is 2.23. The molecule has 0 radical (unpaired) electrons. The summed E-state index contributed by atoms with van der Waals surface area (Å²) < 4.78 is 2.62. The Kier molecular flexibility index (Phi) is 4.50. The highest BCUT2D eigenvalue weighted by atomic mass is 79.9. The average Bonchev–Trinajstić information content (AvgIpc) is 2.94. The van der Waals surface area contributed by atoms with Gasteiger partial charge < -0.3 is 10.0 Å². The van der Waals surface area contributed by atoms with E-state index in [-0.39, 0.29) is 0 Å². The molecule has 0 spiro atoms. The number of hydrogen-bond acceptors (Lipinski definition) is 5. The van der Waals surface area contributed by atoms with Gasteiger partial charge in [0, 0.05) is 18.1 Å². The molecule has 5 nitrogen and oxygen atoms in total. The molecule has 2 aromatic heterocycles. The summed E-state index contributed by atoms with van der Waals surface area (Å²) >= 11 is 4.87. The lowest BCUT2D eigenvalue weighted by atomic mass is 10.2. The van der Waals surface area contributed by atoms with E-state index in [1.165, 1.54) is 11.3 Å². The largest absolute Gasteiger partial charge is 0.379 e. The molecule has 0 amide bonds. The fourth-order valence-corrected chi connectivity index (χ4v) is 2.74. The lowest BCUT2D eigenvalue weighted by molar-refractivity contribution is 0.204. The molecule has 2 rings (SSSR count). The summed E-state index contributed by atoms with van der Waals surface area (Å²) in [6.07, 6.45) is 2.67. The van der Waals surface area contributed by atoms with Gasteiger partial charge in [0.2, 0.25) is 0 Å². The zero-order valence-electron chi connectivity index (χ0n) is 10.2. The lowest BCUT2D eigenvalue weighted by Gasteiger charge is -2.14. The van der Waals surface area contributed by atoms with Crippen molar-refractivity contribution in [3.8, 4) is 0 Å². The number of nitrogens with zero attached hydrogens (tertiary/aromatic N) is 4. The standard InChI is InChI=1S/C11H15BrN4OS/c1-15(2)4-5-16-9(8(12)7-14-16)10(17)11-13-3-6-18-11/h3,6-7,10,17H,4-5H2,1-2H3. The lowest BCUT2D eigenvalue weighted by Crippen LogP contribution is -2.21. The van der Waals surface area contributed by atoms with Crippen LogP contribution in [0, 0.1) is 0 Å². The van der Waals surface area contributed by atoms with Crippen LogP contribution < -0.4 is 0 Å². The summed E-state index contributed by atoms with van der Waals surface area (Å²) in [5.41, 5.74) is 0.756. The second-order valence-electron chi connectivity index (χ2n) is 4.18. The Labute approximate surface area is 118 Å². The first kappa shape index (κ1) is 13.7. The summed E-state index contributed by atoms with van der Waals surface area (Å²) in [5.74, 6) is 0. The highest BCUT2D eigenvalue weighted by Gasteiger charge is 2.21. The van der Waals surface area contributed by atoms with Crippen molar-refractivity contribution in [3.05, 3.63) is 32.9 Å². The molecule has 0 fully saturated rings. The number of aliphatic hydroxyl groups is 1. The SMILES string of the molecule is CN(C)CCn1ncc(Br)c1C(O)c1nccs1. The summed E-state index contributed by atoms with van der Waals surface area (Å²) in [6, 6.07) is 0. The molecule has 1 N–H and O–H groups in total. The van der Waals surface area contributed by atoms with Crippen LogP contribution in [0.2, 0.25) is 0 Å². The quantitative estimate of drug-likeness (QED) is 0.907. The molecule has 0 aliphatic heterocycles. The minimum Gasteiger partial charge on any atom is -0.379 e. The van der Waals surface area contributed by atoms with E-state index in [1.54, 1.807) is 12.4 Å². The van der Waals surface area contributed by atoms with Crippen molar-refractivity contribution < 1.29 is 5.11 Å². The van der Waals surface area contributed by atoms with Gasteiger partial charge in [-0.3, -0.25) is 4.68 Å². The van der Waals surface area contributed by atoms with E-state index in [2.05, 4.69) is 30.9 Å². The molecular formula is C11H15BrN4OS. The molecular weight excluding hydrogens is 316 g/mol. The number of likely N-dealkylation sites (N-methyl/N-ethyl adjacent to an activating group) is 1. The minimum absolute atomic E-state index is 0.683. The van der Waals surface area contributed by atoms with Crippen molar-refractivity contribution in [3.63, 3.8) is 0 Å². The molecule has 1 unspecified atom stereocenters. The van der Waals surface area contributed by atoms with Gasteiger partial charge >= 0.3 is 0 Å². The molecule has 0 aromatic carbocycles. The van der Waals surface area contributed by atoms with E-state index in [9.17, 15) is 5.11 Å². The summed E-state index contributed by atoms with van der Waals surface area (Å²) in [4.78, 5) is 6.22. The highest BCUT2D eigenvalue weighted by molar-refractivity contribution is 9.10. The van der Waals surface area contributed by atoms with E-state index in [0.29, 0.717) is 5.01 Å². The van der Waals surface area contributed by atoms with Crippen LogP contribution in [0.1, 0.15) is 16.8 Å². The van der Waals surface area contributed by atoms with E-state index in [0.717, 1.165) is 23.3 Å². The third-order valence-electron chi connectivity index (χ3n) is 2.54. The number of rotatable bonds is 5. The number of aliphatic hydroxyl groups excluding tert-OH is 1. The van der Waals surface area contributed by atoms with Gasteiger partial charge in [0.15, 0.2) is 0 Å². The van der Waals surface area contributed by atoms with Gasteiger partial charge in [0.25, 0.3) is 0 Å². The Morgan fingerprint density at radius 2 is 2.33 bits per heavy atom. The third kappa shape index (κ3) is 2.97. The first-order chi connectivity index (χ1) is 8.59. The molecule has 0 aliphatic carbocycles. The molecule has 0 aliphatic rings. The smallest absolute Gasteiger partial charge is 0.148 e. The van der Waals surface area contributed by atoms with E-state index in [4.69, 9.17) is 0 Å². The zero-order valence-corrected chi connectivity index (χ0v) is 12.6. The first-order valence-corrected chi connectivity index (χ1v) is 7.20. The van der Waals surface area contributed by atoms with Crippen LogP contribution in [-0.2, 0) is 6.54 Å². The van der Waals surface area contributed by atoms with Crippen LogP contribution in [0.3, 0.4) is 0 Å². The van der Waals surface area contributed by atoms with Crippen LogP contribution in [0.15, 0.2) is 22.2 Å². The number of thiazole rings is 1. The van der Waals surface area contributed by atoms with Crippen LogP contribution >= 0.6 is 27.3 Å². The van der Waals surface area contributed by atoms with Crippen LogP contribution in [0.4, 0.5) is 0 Å². The maximum Gasteiger partial charge on any atom is 0.148 e. The fraction of sp³-hybridized carbons (Fsp3) is 0.455. The molecule has 2 aromatic rings. The molecule has 0 saturated heterocycles. The monoisotopic (exact) mass is 330 g/mol. The van der Waals surface area contributed by atoms with Gasteiger partial charge in [-0.25, -0.2) is 4.98 Å². The predicted molar refractivity (Wildman–Crippen MR) is 74.7 cm³/mol. The zero-order chi connectivity index (χ0) is 13.1. The average molecular weight is 331 g/mol. The number of halogens is 1. The number of hydrogen-bond donors (Lipinski definition) is 1. The van der Waals surface area contributed by atoms with Crippen molar-refractivity contribution in [2.45, 2.75) is 12.6 Å². The fourth-order valence-electron chi connectivity index (χ4n) is 1.60. The Morgan fingerprint density at radius 3 is 2.94 bits per heavy atom. The second-order valence-corrected chi connectivity index (χ2v) is 5.96. The second kappa shape index (κ2) is 5.92. The maximum atomic E-state index is 10.3. The van der Waals surface area contributed by atoms with Crippen molar-refractivity contribution in [1.29, 1.82) is 0 Å². The third-order valence-corrected chi connectivity index (χ3v) is 3.98. The van der Waals surface area contributed by atoms with Gasteiger partial charge in [-0.05, 0) is 30.0 Å². The first-order valence-electron chi connectivity index (χ1n) is 5.53. The summed E-state index contributed by atoms with van der Waals surface area (Å²) in [6.45, 7) is 1.60. The van der Waals surface area contributed by atoms with Gasteiger partial charge in [-0.15, -0.1) is 11.3 Å². The van der Waals surface area contributed by atoms with E-state index >= 15 is 0 Å². The van der Waals surface area contributed by atoms with Crippen LogP contribution in [0.25, 0.3) is 0 Å². The summed E-state index contributed by atoms with van der Waals surface area (Å²) in [7, 11) is 4.02. The van der Waals surface area contributed by atoms with Gasteiger partial charge in [-0.1, -0.05) is 0 Å². The maximum absolute atomic E-state index is 10.3. The molecule has 98 valence electrons. The van der Waals surface area contributed by atoms with Gasteiger partial charge in [0.1, 0.15) is 11.1 Å². The molecule has 0 bridgehead atoms. The minimum atomic E-state index is -0.732. The van der Waals surface area contributed by atoms with Gasteiger partial charge in [-0.2, -0.15) is 5.10 Å².